The molecule has 3 N–H and O–H groups in total. The molecule has 13 nitrogen and oxygen atoms in total. The Morgan fingerprint density at radius 1 is 0.953 bits per heavy atom. The number of cyclic esters (lactones) is 3. The molecule has 0 saturated carbocycles. The number of hydrazine groups is 1. The predicted molar refractivity (Wildman–Crippen MR) is 155 cm³/mol. The number of aromatic nitrogens is 1. The van der Waals surface area contributed by atoms with Crippen LogP contribution in [0.1, 0.15) is 57.8 Å². The van der Waals surface area contributed by atoms with Gasteiger partial charge < -0.3 is 24.8 Å². The van der Waals surface area contributed by atoms with Crippen molar-refractivity contribution in [3.8, 4) is 0 Å². The van der Waals surface area contributed by atoms with Gasteiger partial charge in [0.05, 0.1) is 17.3 Å². The Balaban J connectivity index is 1.56. The fourth-order valence-electron chi connectivity index (χ4n) is 4.74. The van der Waals surface area contributed by atoms with E-state index in [4.69, 9.17) is 19.2 Å². The zero-order chi connectivity index (χ0) is 31.1. The SMILES string of the molecule is CC(C)[C@@H]1OC(=O)COC(=O)OC/C=C/c2ccc3ccc(nc3c2)[C@@H](C)NC(=O)[C@@H]2CCCN(N2)C(=O)[C@H](C)NC1=O. The highest BCUT2D eigenvalue weighted by molar-refractivity contribution is 5.91. The fourth-order valence-corrected chi connectivity index (χ4v) is 4.74. The maximum absolute atomic E-state index is 13.2. The molecule has 2 aliphatic rings. The number of fused-ring (bicyclic) bond motifs is 4. The van der Waals surface area contributed by atoms with Crippen molar-refractivity contribution < 1.29 is 38.2 Å². The number of hydrogen-bond acceptors (Lipinski definition) is 10. The van der Waals surface area contributed by atoms with E-state index in [1.165, 1.54) is 11.9 Å². The molecule has 0 spiro atoms. The Labute approximate surface area is 249 Å². The standard InChI is InChI=1S/C30H37N5O8/c1-17(2)26-28(38)32-19(4)29(39)35-13-5-8-23(34-35)27(37)31-18(3)22-12-11-21-10-9-20(15-24(21)33-22)7-6-14-41-30(40)42-16-25(36)43-26/h6-7,9-12,15,17-19,23,26,34H,5,8,13-14,16H2,1-4H3,(H,31,37)(H,32,38)/b7-6+/t18-,19+,23+,26+/m1/s1. The van der Waals surface area contributed by atoms with E-state index < -0.39 is 60.7 Å². The van der Waals surface area contributed by atoms with Gasteiger partial charge in [-0.15, -0.1) is 0 Å². The molecule has 0 aliphatic carbocycles. The number of hydrogen-bond donors (Lipinski definition) is 3. The number of rotatable bonds is 1. The topological polar surface area (TPSA) is 165 Å². The van der Waals surface area contributed by atoms with Gasteiger partial charge in [-0.3, -0.25) is 24.4 Å². The highest BCUT2D eigenvalue weighted by Gasteiger charge is 2.34. The van der Waals surface area contributed by atoms with E-state index in [2.05, 4.69) is 16.1 Å². The van der Waals surface area contributed by atoms with Crippen molar-refractivity contribution in [3.05, 3.63) is 47.7 Å². The largest absolute Gasteiger partial charge is 0.509 e. The van der Waals surface area contributed by atoms with Crippen molar-refractivity contribution in [1.29, 1.82) is 0 Å². The summed E-state index contributed by atoms with van der Waals surface area (Å²) in [4.78, 5) is 68.3. The molecule has 1 aromatic carbocycles. The van der Waals surface area contributed by atoms with Crippen molar-refractivity contribution in [2.24, 2.45) is 5.92 Å². The third-order valence-corrected chi connectivity index (χ3v) is 7.08. The number of benzene rings is 1. The average molecular weight is 596 g/mol. The number of pyridine rings is 1. The van der Waals surface area contributed by atoms with E-state index in [1.54, 1.807) is 26.0 Å². The highest BCUT2D eigenvalue weighted by Crippen LogP contribution is 2.20. The van der Waals surface area contributed by atoms with Gasteiger partial charge in [-0.1, -0.05) is 38.1 Å². The molecule has 13 heteroatoms. The lowest BCUT2D eigenvalue weighted by molar-refractivity contribution is -0.162. The molecule has 4 rings (SSSR count). The van der Waals surface area contributed by atoms with Crippen LogP contribution in [-0.2, 0) is 33.4 Å². The zero-order valence-electron chi connectivity index (χ0n) is 24.6. The summed E-state index contributed by atoms with van der Waals surface area (Å²) in [5, 5.41) is 7.79. The third-order valence-electron chi connectivity index (χ3n) is 7.08. The summed E-state index contributed by atoms with van der Waals surface area (Å²) in [5.74, 6) is -2.81. The van der Waals surface area contributed by atoms with Gasteiger partial charge in [0.2, 0.25) is 5.91 Å². The Morgan fingerprint density at radius 3 is 2.47 bits per heavy atom. The minimum absolute atomic E-state index is 0.113. The monoisotopic (exact) mass is 595 g/mol. The summed E-state index contributed by atoms with van der Waals surface area (Å²) >= 11 is 0. The zero-order valence-corrected chi connectivity index (χ0v) is 24.6. The normalized spacial score (nSPS) is 25.7. The highest BCUT2D eigenvalue weighted by atomic mass is 16.7. The van der Waals surface area contributed by atoms with Crippen LogP contribution in [-0.4, -0.2) is 77.8 Å². The number of nitrogens with zero attached hydrogens (tertiary/aromatic N) is 2. The molecular formula is C30H37N5O8. The number of nitrogens with one attached hydrogen (secondary N) is 3. The molecule has 2 aliphatic heterocycles. The molecule has 230 valence electrons. The van der Waals surface area contributed by atoms with Crippen LogP contribution in [0.4, 0.5) is 4.79 Å². The van der Waals surface area contributed by atoms with Gasteiger partial charge in [-0.25, -0.2) is 15.0 Å². The molecular weight excluding hydrogens is 558 g/mol. The summed E-state index contributed by atoms with van der Waals surface area (Å²) in [7, 11) is 0. The Bertz CT molecular complexity index is 1410. The predicted octanol–water partition coefficient (Wildman–Crippen LogP) is 2.16. The molecule has 43 heavy (non-hydrogen) atoms. The number of amides is 3. The van der Waals surface area contributed by atoms with Crippen LogP contribution < -0.4 is 16.1 Å². The maximum atomic E-state index is 13.2. The maximum Gasteiger partial charge on any atom is 0.509 e. The number of carbonyl (C=O) groups is 5. The van der Waals surface area contributed by atoms with Crippen molar-refractivity contribution in [2.45, 2.75) is 64.8 Å². The molecule has 3 amide bonds. The molecule has 4 atom stereocenters. The first-order valence-electron chi connectivity index (χ1n) is 14.3. The van der Waals surface area contributed by atoms with Crippen LogP contribution in [0.15, 0.2) is 36.4 Å². The van der Waals surface area contributed by atoms with Gasteiger partial charge in [0, 0.05) is 11.9 Å². The Kier molecular flexibility index (Phi) is 10.3. The molecule has 5 bridgehead atoms. The van der Waals surface area contributed by atoms with Crippen molar-refractivity contribution in [2.75, 3.05) is 19.8 Å². The minimum Gasteiger partial charge on any atom is -0.449 e. The molecule has 1 saturated heterocycles. The Hall–Kier alpha value is -4.52. The van der Waals surface area contributed by atoms with E-state index >= 15 is 0 Å². The van der Waals surface area contributed by atoms with Crippen molar-refractivity contribution >= 4 is 46.8 Å². The van der Waals surface area contributed by atoms with Crippen LogP contribution in [0.3, 0.4) is 0 Å². The summed E-state index contributed by atoms with van der Waals surface area (Å²) in [6.45, 7) is 6.15. The minimum atomic E-state index is -1.24. The van der Waals surface area contributed by atoms with Crippen LogP contribution in [0.5, 0.6) is 0 Å². The lowest BCUT2D eigenvalue weighted by Gasteiger charge is -2.35. The molecule has 3 heterocycles. The molecule has 0 radical (unpaired) electrons. The Morgan fingerprint density at radius 2 is 1.70 bits per heavy atom. The average Bonchev–Trinajstić information content (AvgIpc) is 2.99. The summed E-state index contributed by atoms with van der Waals surface area (Å²) in [6.07, 6.45) is 2.13. The lowest BCUT2D eigenvalue weighted by atomic mass is 10.1. The molecule has 1 fully saturated rings. The summed E-state index contributed by atoms with van der Waals surface area (Å²) in [5.41, 5.74) is 5.17. The first-order chi connectivity index (χ1) is 20.5. The van der Waals surface area contributed by atoms with Gasteiger partial charge in [-0.2, -0.15) is 0 Å². The van der Waals surface area contributed by atoms with Crippen molar-refractivity contribution in [1.82, 2.24) is 26.1 Å². The van der Waals surface area contributed by atoms with Gasteiger partial charge >= 0.3 is 12.1 Å². The van der Waals surface area contributed by atoms with Gasteiger partial charge in [-0.05, 0) is 56.4 Å². The molecule has 1 aromatic heterocycles. The van der Waals surface area contributed by atoms with Crippen LogP contribution >= 0.6 is 0 Å². The second kappa shape index (κ2) is 14.1. The fraction of sp³-hybridized carbons (Fsp3) is 0.467. The quantitative estimate of drug-likeness (QED) is 0.416. The lowest BCUT2D eigenvalue weighted by Crippen LogP contribution is -2.61. The van der Waals surface area contributed by atoms with Crippen LogP contribution in [0.2, 0.25) is 0 Å². The van der Waals surface area contributed by atoms with Gasteiger partial charge in [0.1, 0.15) is 18.7 Å². The smallest absolute Gasteiger partial charge is 0.449 e. The van der Waals surface area contributed by atoms with E-state index in [-0.39, 0.29) is 12.5 Å². The van der Waals surface area contributed by atoms with Gasteiger partial charge in [0.15, 0.2) is 12.7 Å². The number of esters is 1. The first kappa shape index (κ1) is 31.4. The van der Waals surface area contributed by atoms with E-state index in [9.17, 15) is 24.0 Å². The van der Waals surface area contributed by atoms with Crippen molar-refractivity contribution in [3.63, 3.8) is 0 Å². The third kappa shape index (κ3) is 8.28. The first-order valence-corrected chi connectivity index (χ1v) is 14.3. The van der Waals surface area contributed by atoms with Crippen LogP contribution in [0, 0.1) is 5.92 Å². The molecule has 2 aromatic rings. The molecule has 0 unspecified atom stereocenters. The second-order valence-electron chi connectivity index (χ2n) is 10.9. The van der Waals surface area contributed by atoms with Gasteiger partial charge in [0.25, 0.3) is 11.8 Å². The summed E-state index contributed by atoms with van der Waals surface area (Å²) in [6, 6.07) is 7.37. The van der Waals surface area contributed by atoms with E-state index in [0.717, 1.165) is 10.9 Å². The second-order valence-corrected chi connectivity index (χ2v) is 10.9. The van der Waals surface area contributed by atoms with E-state index in [0.29, 0.717) is 30.6 Å². The van der Waals surface area contributed by atoms with E-state index in [1.807, 2.05) is 37.3 Å². The summed E-state index contributed by atoms with van der Waals surface area (Å²) < 4.78 is 15.1. The number of ether oxygens (including phenoxy) is 3. The number of carbonyl (C=O) groups excluding carboxylic acids is 5. The van der Waals surface area contributed by atoms with Crippen LogP contribution in [0.25, 0.3) is 17.0 Å².